The molecule has 0 saturated carbocycles. The molecule has 1 atom stereocenters. The Morgan fingerprint density at radius 1 is 0.933 bits per heavy atom. The number of rotatable bonds is 8. The highest BCUT2D eigenvalue weighted by atomic mass is 16.6. The molecule has 152 valence electrons. The Morgan fingerprint density at radius 2 is 1.57 bits per heavy atom. The summed E-state index contributed by atoms with van der Waals surface area (Å²) in [4.78, 5) is 21.0. The molecule has 0 aromatic heterocycles. The Hall–Kier alpha value is -4.07. The van der Waals surface area contributed by atoms with Crippen molar-refractivity contribution < 1.29 is 9.85 Å². The van der Waals surface area contributed by atoms with Crippen molar-refractivity contribution in [2.24, 2.45) is 11.0 Å². The van der Waals surface area contributed by atoms with Crippen LogP contribution < -0.4 is 5.43 Å². The van der Waals surface area contributed by atoms with E-state index in [9.17, 15) is 20.2 Å². The summed E-state index contributed by atoms with van der Waals surface area (Å²) in [5.41, 5.74) is 4.85. The van der Waals surface area contributed by atoms with E-state index in [0.717, 1.165) is 29.3 Å². The smallest absolute Gasteiger partial charge is 0.271 e. The van der Waals surface area contributed by atoms with Gasteiger partial charge in [-0.15, -0.1) is 0 Å². The Kier molecular flexibility index (Phi) is 6.49. The summed E-state index contributed by atoms with van der Waals surface area (Å²) >= 11 is 0. The second-order valence-corrected chi connectivity index (χ2v) is 6.78. The second-order valence-electron chi connectivity index (χ2n) is 6.78. The zero-order valence-corrected chi connectivity index (χ0v) is 16.3. The first-order valence-corrected chi connectivity index (χ1v) is 9.31. The predicted octanol–water partition coefficient (Wildman–Crippen LogP) is 5.20. The minimum Gasteiger partial charge on any atom is -0.271 e. The number of hydrogen-bond donors (Lipinski definition) is 1. The number of benzene rings is 3. The van der Waals surface area contributed by atoms with Gasteiger partial charge in [-0.05, 0) is 23.6 Å². The molecule has 0 aliphatic heterocycles. The second kappa shape index (κ2) is 9.42. The largest absolute Gasteiger partial charge is 0.301 e. The van der Waals surface area contributed by atoms with Crippen LogP contribution in [0.3, 0.4) is 0 Å². The molecule has 0 fully saturated rings. The summed E-state index contributed by atoms with van der Waals surface area (Å²) in [6, 6.07) is 22.9. The van der Waals surface area contributed by atoms with Crippen molar-refractivity contribution in [1.82, 2.24) is 0 Å². The zero-order chi connectivity index (χ0) is 21.5. The van der Waals surface area contributed by atoms with E-state index in [4.69, 9.17) is 0 Å². The first kappa shape index (κ1) is 20.7. The van der Waals surface area contributed by atoms with Gasteiger partial charge in [-0.3, -0.25) is 25.7 Å². The Labute approximate surface area is 173 Å². The summed E-state index contributed by atoms with van der Waals surface area (Å²) in [7, 11) is 0. The van der Waals surface area contributed by atoms with Crippen LogP contribution in [0.15, 0.2) is 84.0 Å². The van der Waals surface area contributed by atoms with Crippen LogP contribution in [0.1, 0.15) is 18.1 Å². The van der Waals surface area contributed by atoms with Gasteiger partial charge in [0.25, 0.3) is 5.69 Å². The van der Waals surface area contributed by atoms with Crippen LogP contribution in [-0.2, 0) is 6.42 Å². The third-order valence-corrected chi connectivity index (χ3v) is 4.61. The minimum atomic E-state index is -0.669. The molecule has 30 heavy (non-hydrogen) atoms. The van der Waals surface area contributed by atoms with Crippen molar-refractivity contribution in [3.63, 3.8) is 0 Å². The number of nitro benzene ring substituents is 2. The topological polar surface area (TPSA) is 111 Å². The molecule has 8 heteroatoms. The van der Waals surface area contributed by atoms with Gasteiger partial charge >= 0.3 is 5.69 Å². The molecule has 1 N–H and O–H groups in total. The standard InChI is InChI=1S/C22H20N4O4/c1-16(14-17-8-4-2-5-9-17)22(18-10-6-3-7-11-18)24-23-20-13-12-19(25(27)28)15-21(20)26(29)30/h2-13,15-16,23H,14H2,1H3. The van der Waals surface area contributed by atoms with E-state index in [1.54, 1.807) is 0 Å². The number of anilines is 1. The van der Waals surface area contributed by atoms with E-state index < -0.39 is 15.5 Å². The van der Waals surface area contributed by atoms with Gasteiger partial charge in [0.15, 0.2) is 0 Å². The Morgan fingerprint density at radius 3 is 2.17 bits per heavy atom. The van der Waals surface area contributed by atoms with Crippen molar-refractivity contribution in [2.75, 3.05) is 5.43 Å². The van der Waals surface area contributed by atoms with Gasteiger partial charge < -0.3 is 0 Å². The van der Waals surface area contributed by atoms with Crippen LogP contribution in [-0.4, -0.2) is 15.6 Å². The predicted molar refractivity (Wildman–Crippen MR) is 116 cm³/mol. The fourth-order valence-electron chi connectivity index (χ4n) is 3.13. The maximum absolute atomic E-state index is 11.4. The number of nitrogens with one attached hydrogen (secondary N) is 1. The van der Waals surface area contributed by atoms with E-state index in [1.807, 2.05) is 67.6 Å². The fraction of sp³-hybridized carbons (Fsp3) is 0.136. The summed E-state index contributed by atoms with van der Waals surface area (Å²) < 4.78 is 0. The molecule has 3 aromatic rings. The first-order valence-electron chi connectivity index (χ1n) is 9.31. The highest BCUT2D eigenvalue weighted by molar-refractivity contribution is 6.02. The molecule has 8 nitrogen and oxygen atoms in total. The average Bonchev–Trinajstić information content (AvgIpc) is 2.75. The lowest BCUT2D eigenvalue weighted by Crippen LogP contribution is -2.17. The molecule has 0 heterocycles. The van der Waals surface area contributed by atoms with Crippen LogP contribution in [0.25, 0.3) is 0 Å². The molecule has 0 saturated heterocycles. The maximum Gasteiger partial charge on any atom is 0.301 e. The summed E-state index contributed by atoms with van der Waals surface area (Å²) in [5, 5.41) is 26.8. The van der Waals surface area contributed by atoms with Gasteiger partial charge in [-0.1, -0.05) is 67.6 Å². The van der Waals surface area contributed by atoms with E-state index in [2.05, 4.69) is 10.5 Å². The number of non-ortho nitro benzene ring substituents is 1. The molecule has 3 rings (SSSR count). The van der Waals surface area contributed by atoms with Gasteiger partial charge in [-0.25, -0.2) is 0 Å². The van der Waals surface area contributed by atoms with Crippen LogP contribution in [0.2, 0.25) is 0 Å². The molecule has 0 spiro atoms. The van der Waals surface area contributed by atoms with Crippen molar-refractivity contribution in [3.8, 4) is 0 Å². The van der Waals surface area contributed by atoms with E-state index in [0.29, 0.717) is 0 Å². The Bertz CT molecular complexity index is 1070. The normalized spacial score (nSPS) is 12.2. The number of nitrogens with zero attached hydrogens (tertiary/aromatic N) is 3. The van der Waals surface area contributed by atoms with Crippen molar-refractivity contribution in [3.05, 3.63) is 110 Å². The van der Waals surface area contributed by atoms with Crippen LogP contribution in [0.4, 0.5) is 17.1 Å². The van der Waals surface area contributed by atoms with Crippen LogP contribution in [0, 0.1) is 26.1 Å². The number of hydrazone groups is 1. The summed E-state index contributed by atoms with van der Waals surface area (Å²) in [6.45, 7) is 2.03. The quantitative estimate of drug-likeness (QED) is 0.315. The number of nitro groups is 2. The molecule has 0 aliphatic carbocycles. The van der Waals surface area contributed by atoms with Gasteiger partial charge in [0.2, 0.25) is 0 Å². The molecule has 0 radical (unpaired) electrons. The number of hydrogen-bond acceptors (Lipinski definition) is 6. The lowest BCUT2D eigenvalue weighted by atomic mass is 9.92. The van der Waals surface area contributed by atoms with E-state index in [-0.39, 0.29) is 17.3 Å². The fourth-order valence-corrected chi connectivity index (χ4v) is 3.13. The van der Waals surface area contributed by atoms with Gasteiger partial charge in [0.1, 0.15) is 5.69 Å². The van der Waals surface area contributed by atoms with Crippen molar-refractivity contribution in [2.45, 2.75) is 13.3 Å². The molecular formula is C22H20N4O4. The van der Waals surface area contributed by atoms with Crippen LogP contribution in [0.5, 0.6) is 0 Å². The lowest BCUT2D eigenvalue weighted by Gasteiger charge is -2.16. The maximum atomic E-state index is 11.4. The first-order chi connectivity index (χ1) is 14.5. The molecule has 1 unspecified atom stereocenters. The monoisotopic (exact) mass is 404 g/mol. The zero-order valence-electron chi connectivity index (χ0n) is 16.3. The molecule has 0 bridgehead atoms. The highest BCUT2D eigenvalue weighted by Crippen LogP contribution is 2.29. The lowest BCUT2D eigenvalue weighted by molar-refractivity contribution is -0.393. The SMILES string of the molecule is CC(Cc1ccccc1)C(=NNc1ccc([N+](=O)[O-])cc1[N+](=O)[O-])c1ccccc1. The van der Waals surface area contributed by atoms with Crippen molar-refractivity contribution in [1.29, 1.82) is 0 Å². The summed E-state index contributed by atoms with van der Waals surface area (Å²) in [5.74, 6) is 0.0133. The molecule has 0 aliphatic rings. The third kappa shape index (κ3) is 5.05. The third-order valence-electron chi connectivity index (χ3n) is 4.61. The molecule has 0 amide bonds. The van der Waals surface area contributed by atoms with E-state index in [1.165, 1.54) is 12.1 Å². The van der Waals surface area contributed by atoms with Crippen molar-refractivity contribution >= 4 is 22.8 Å². The highest BCUT2D eigenvalue weighted by Gasteiger charge is 2.20. The van der Waals surface area contributed by atoms with Gasteiger partial charge in [-0.2, -0.15) is 5.10 Å². The molecular weight excluding hydrogens is 384 g/mol. The minimum absolute atomic E-state index is 0.0133. The molecule has 3 aromatic carbocycles. The van der Waals surface area contributed by atoms with Gasteiger partial charge in [0, 0.05) is 12.0 Å². The average molecular weight is 404 g/mol. The van der Waals surface area contributed by atoms with Crippen LogP contribution >= 0.6 is 0 Å². The van der Waals surface area contributed by atoms with E-state index >= 15 is 0 Å². The summed E-state index contributed by atoms with van der Waals surface area (Å²) in [6.07, 6.45) is 0.735. The van der Waals surface area contributed by atoms with Gasteiger partial charge in [0.05, 0.1) is 21.6 Å². The Balaban J connectivity index is 1.94.